The van der Waals surface area contributed by atoms with Crippen LogP contribution in [0.25, 0.3) is 10.6 Å². The average Bonchev–Trinajstić information content (AvgIpc) is 2.86. The van der Waals surface area contributed by atoms with Crippen LogP contribution < -0.4 is 0 Å². The predicted octanol–water partition coefficient (Wildman–Crippen LogP) is 1.84. The lowest BCUT2D eigenvalue weighted by atomic mass is 10.4. The largest absolute Gasteiger partial charge is 0.297 e. The van der Waals surface area contributed by atoms with Crippen molar-refractivity contribution in [2.75, 3.05) is 0 Å². The summed E-state index contributed by atoms with van der Waals surface area (Å²) in [6, 6.07) is 0. The molecule has 2 heterocycles. The predicted molar refractivity (Wildman–Crippen MR) is 54.4 cm³/mol. The zero-order valence-corrected chi connectivity index (χ0v) is 8.49. The topological polar surface area (TPSA) is 47.8 Å². The van der Waals surface area contributed by atoms with E-state index in [1.54, 1.807) is 12.4 Å². The first kappa shape index (κ1) is 9.08. The molecule has 2 aromatic rings. The van der Waals surface area contributed by atoms with Gasteiger partial charge in [-0.2, -0.15) is 5.10 Å². The molecular formula is C9H9N3OS. The van der Waals surface area contributed by atoms with E-state index in [1.807, 2.05) is 17.8 Å². The highest BCUT2D eigenvalue weighted by Gasteiger charge is 2.05. The van der Waals surface area contributed by atoms with E-state index in [2.05, 4.69) is 10.1 Å². The minimum atomic E-state index is 0.643. The number of carbonyl (C=O) groups excluding carboxylic acids is 1. The van der Waals surface area contributed by atoms with Crippen molar-refractivity contribution in [1.29, 1.82) is 0 Å². The normalized spacial score (nSPS) is 10.4. The van der Waals surface area contributed by atoms with Gasteiger partial charge in [-0.25, -0.2) is 4.98 Å². The maximum Gasteiger partial charge on any atom is 0.161 e. The molecule has 0 bridgehead atoms. The van der Waals surface area contributed by atoms with Gasteiger partial charge in [-0.1, -0.05) is 0 Å². The summed E-state index contributed by atoms with van der Waals surface area (Å²) in [7, 11) is 0. The van der Waals surface area contributed by atoms with Crippen molar-refractivity contribution in [1.82, 2.24) is 14.8 Å². The molecule has 0 N–H and O–H groups in total. The standard InChI is InChI=1S/C9H9N3OS/c1-2-12-5-7(3-11-12)9-10-4-8(6-13)14-9/h3-6H,2H2,1H3. The number of aromatic nitrogens is 3. The van der Waals surface area contributed by atoms with Gasteiger partial charge in [0.15, 0.2) is 6.29 Å². The van der Waals surface area contributed by atoms with Crippen LogP contribution in [0.1, 0.15) is 16.6 Å². The van der Waals surface area contributed by atoms with Crippen LogP contribution in [0, 0.1) is 0 Å². The van der Waals surface area contributed by atoms with Gasteiger partial charge in [-0.3, -0.25) is 9.48 Å². The molecule has 0 aliphatic heterocycles. The van der Waals surface area contributed by atoms with E-state index < -0.39 is 0 Å². The van der Waals surface area contributed by atoms with Crippen molar-refractivity contribution in [2.24, 2.45) is 0 Å². The molecular weight excluding hydrogens is 198 g/mol. The van der Waals surface area contributed by atoms with E-state index in [1.165, 1.54) is 11.3 Å². The van der Waals surface area contributed by atoms with Gasteiger partial charge in [0, 0.05) is 24.5 Å². The van der Waals surface area contributed by atoms with Crippen LogP contribution in [-0.4, -0.2) is 21.1 Å². The van der Waals surface area contributed by atoms with Crippen molar-refractivity contribution in [3.63, 3.8) is 0 Å². The number of rotatable bonds is 3. The summed E-state index contributed by atoms with van der Waals surface area (Å²) in [6.07, 6.45) is 6.08. The fraction of sp³-hybridized carbons (Fsp3) is 0.222. The van der Waals surface area contributed by atoms with Gasteiger partial charge < -0.3 is 0 Å². The van der Waals surface area contributed by atoms with Gasteiger partial charge in [0.25, 0.3) is 0 Å². The van der Waals surface area contributed by atoms with Crippen molar-refractivity contribution in [3.05, 3.63) is 23.5 Å². The summed E-state index contributed by atoms with van der Waals surface area (Å²) in [4.78, 5) is 15.2. The van der Waals surface area contributed by atoms with Crippen molar-refractivity contribution in [3.8, 4) is 10.6 Å². The van der Waals surface area contributed by atoms with Crippen LogP contribution in [0.5, 0.6) is 0 Å². The molecule has 0 fully saturated rings. The van der Waals surface area contributed by atoms with Gasteiger partial charge in [0.1, 0.15) is 5.01 Å². The summed E-state index contributed by atoms with van der Waals surface area (Å²) in [6.45, 7) is 2.86. The fourth-order valence-electron chi connectivity index (χ4n) is 1.12. The molecule has 0 radical (unpaired) electrons. The van der Waals surface area contributed by atoms with E-state index in [0.717, 1.165) is 23.4 Å². The lowest BCUT2D eigenvalue weighted by Gasteiger charge is -1.90. The Kier molecular flexibility index (Phi) is 2.41. The van der Waals surface area contributed by atoms with E-state index in [0.29, 0.717) is 4.88 Å². The molecule has 0 aliphatic carbocycles. The number of aldehydes is 1. The maximum absolute atomic E-state index is 10.5. The van der Waals surface area contributed by atoms with Crippen LogP contribution in [0.3, 0.4) is 0 Å². The van der Waals surface area contributed by atoms with Crippen LogP contribution in [0.4, 0.5) is 0 Å². The summed E-state index contributed by atoms with van der Waals surface area (Å²) >= 11 is 1.38. The third-order valence-electron chi connectivity index (χ3n) is 1.84. The molecule has 0 spiro atoms. The molecule has 2 aromatic heterocycles. The molecule has 0 saturated heterocycles. The average molecular weight is 207 g/mol. The molecule has 0 amide bonds. The zero-order valence-electron chi connectivity index (χ0n) is 7.67. The number of carbonyl (C=O) groups is 1. The number of hydrogen-bond donors (Lipinski definition) is 0. The smallest absolute Gasteiger partial charge is 0.161 e. The number of aryl methyl sites for hydroxylation is 1. The first-order chi connectivity index (χ1) is 6.83. The molecule has 0 saturated carbocycles. The Morgan fingerprint density at radius 2 is 2.43 bits per heavy atom. The van der Waals surface area contributed by atoms with Gasteiger partial charge in [0.2, 0.25) is 0 Å². The van der Waals surface area contributed by atoms with Gasteiger partial charge in [0.05, 0.1) is 11.1 Å². The minimum absolute atomic E-state index is 0.643. The van der Waals surface area contributed by atoms with E-state index >= 15 is 0 Å². The Balaban J connectivity index is 2.33. The van der Waals surface area contributed by atoms with Gasteiger partial charge in [-0.15, -0.1) is 11.3 Å². The number of hydrogen-bond acceptors (Lipinski definition) is 4. The fourth-order valence-corrected chi connectivity index (χ4v) is 1.83. The van der Waals surface area contributed by atoms with Crippen LogP contribution in [0.2, 0.25) is 0 Å². The molecule has 0 unspecified atom stereocenters. The first-order valence-corrected chi connectivity index (χ1v) is 5.09. The molecule has 0 aromatic carbocycles. The number of thiazole rings is 1. The second kappa shape index (κ2) is 3.71. The van der Waals surface area contributed by atoms with Gasteiger partial charge >= 0.3 is 0 Å². The summed E-state index contributed by atoms with van der Waals surface area (Å²) < 4.78 is 1.83. The lowest BCUT2D eigenvalue weighted by Crippen LogP contribution is -1.91. The van der Waals surface area contributed by atoms with Crippen LogP contribution in [-0.2, 0) is 6.54 Å². The Labute approximate surface area is 85.2 Å². The molecule has 2 rings (SSSR count). The lowest BCUT2D eigenvalue weighted by molar-refractivity contribution is 0.112. The SMILES string of the molecule is CCn1cc(-c2ncc(C=O)s2)cn1. The van der Waals surface area contributed by atoms with E-state index in [9.17, 15) is 4.79 Å². The third-order valence-corrected chi connectivity index (χ3v) is 2.82. The summed E-state index contributed by atoms with van der Waals surface area (Å²) in [5, 5.41) is 4.98. The Morgan fingerprint density at radius 1 is 1.57 bits per heavy atom. The highest BCUT2D eigenvalue weighted by molar-refractivity contribution is 7.16. The zero-order chi connectivity index (χ0) is 9.97. The highest BCUT2D eigenvalue weighted by atomic mass is 32.1. The second-order valence-corrected chi connectivity index (χ2v) is 3.83. The van der Waals surface area contributed by atoms with Crippen LogP contribution >= 0.6 is 11.3 Å². The Hall–Kier alpha value is -1.49. The Morgan fingerprint density at radius 3 is 3.00 bits per heavy atom. The van der Waals surface area contributed by atoms with E-state index in [-0.39, 0.29) is 0 Å². The molecule has 5 heteroatoms. The summed E-state index contributed by atoms with van der Waals surface area (Å²) in [5.74, 6) is 0. The third kappa shape index (κ3) is 1.58. The molecule has 14 heavy (non-hydrogen) atoms. The summed E-state index contributed by atoms with van der Waals surface area (Å²) in [5.41, 5.74) is 0.963. The molecule has 4 nitrogen and oxygen atoms in total. The quantitative estimate of drug-likeness (QED) is 0.721. The second-order valence-electron chi connectivity index (χ2n) is 2.77. The minimum Gasteiger partial charge on any atom is -0.297 e. The monoisotopic (exact) mass is 207 g/mol. The number of nitrogens with zero attached hydrogens (tertiary/aromatic N) is 3. The van der Waals surface area contributed by atoms with Crippen molar-refractivity contribution in [2.45, 2.75) is 13.5 Å². The maximum atomic E-state index is 10.5. The molecule has 0 aliphatic rings. The Bertz CT molecular complexity index is 446. The van der Waals surface area contributed by atoms with E-state index in [4.69, 9.17) is 0 Å². The van der Waals surface area contributed by atoms with Gasteiger partial charge in [-0.05, 0) is 6.92 Å². The molecule has 72 valence electrons. The van der Waals surface area contributed by atoms with Crippen molar-refractivity contribution < 1.29 is 4.79 Å². The van der Waals surface area contributed by atoms with Crippen molar-refractivity contribution >= 4 is 17.6 Å². The molecule has 0 atom stereocenters. The first-order valence-electron chi connectivity index (χ1n) is 4.27. The van der Waals surface area contributed by atoms with Crippen LogP contribution in [0.15, 0.2) is 18.6 Å². The highest BCUT2D eigenvalue weighted by Crippen LogP contribution is 2.23.